The van der Waals surface area contributed by atoms with Crippen molar-refractivity contribution in [3.8, 4) is 11.5 Å². The van der Waals surface area contributed by atoms with Gasteiger partial charge in [0.15, 0.2) is 18.1 Å². The summed E-state index contributed by atoms with van der Waals surface area (Å²) in [4.78, 5) is 12.1. The van der Waals surface area contributed by atoms with Crippen LogP contribution in [0.2, 0.25) is 0 Å². The number of nitrogens with one attached hydrogen (secondary N) is 2. The third-order valence-electron chi connectivity index (χ3n) is 4.29. The fourth-order valence-corrected chi connectivity index (χ4v) is 3.00. The molecule has 1 fully saturated rings. The molecule has 0 bridgehead atoms. The zero-order valence-electron chi connectivity index (χ0n) is 14.9. The predicted molar refractivity (Wildman–Crippen MR) is 88.5 cm³/mol. The van der Waals surface area contributed by atoms with Gasteiger partial charge in [0, 0.05) is 17.8 Å². The molecular formula is C17H20F6N2O3. The average molecular weight is 414 g/mol. The molecule has 0 radical (unpaired) electrons. The zero-order chi connectivity index (χ0) is 20.9. The first-order chi connectivity index (χ1) is 13.0. The summed E-state index contributed by atoms with van der Waals surface area (Å²) in [5.41, 5.74) is 0.110. The number of carbonyl (C=O) groups excluding carboxylic acids is 1. The minimum absolute atomic E-state index is 0.0294. The highest BCUT2D eigenvalue weighted by Crippen LogP contribution is 2.37. The first-order valence-electron chi connectivity index (χ1n) is 8.50. The molecule has 2 rings (SSSR count). The number of benzene rings is 1. The summed E-state index contributed by atoms with van der Waals surface area (Å²) in [5, 5.41) is 4.86. The molecule has 2 N–H and O–H groups in total. The lowest BCUT2D eigenvalue weighted by Crippen LogP contribution is -2.43. The summed E-state index contributed by atoms with van der Waals surface area (Å²) in [6.45, 7) is -1.54. The molecule has 0 aliphatic heterocycles. The Hall–Kier alpha value is -2.33. The van der Waals surface area contributed by atoms with E-state index >= 15 is 0 Å². The molecule has 1 aliphatic rings. The molecule has 0 saturated heterocycles. The Morgan fingerprint density at radius 3 is 2.46 bits per heavy atom. The topological polar surface area (TPSA) is 59.6 Å². The summed E-state index contributed by atoms with van der Waals surface area (Å²) in [5.74, 6) is -1.65. The molecular weight excluding hydrogens is 394 g/mol. The minimum atomic E-state index is -4.55. The maximum atomic E-state index is 12.8. The van der Waals surface area contributed by atoms with Crippen molar-refractivity contribution in [2.75, 3.05) is 19.0 Å². The van der Waals surface area contributed by atoms with Crippen LogP contribution in [0.3, 0.4) is 0 Å². The highest BCUT2D eigenvalue weighted by atomic mass is 19.4. The first kappa shape index (κ1) is 22.0. The van der Waals surface area contributed by atoms with Crippen LogP contribution in [0.15, 0.2) is 18.2 Å². The maximum Gasteiger partial charge on any atom is 0.422 e. The second-order valence-electron chi connectivity index (χ2n) is 6.47. The van der Waals surface area contributed by atoms with Gasteiger partial charge in [-0.3, -0.25) is 0 Å². The van der Waals surface area contributed by atoms with Crippen molar-refractivity contribution in [2.45, 2.75) is 44.1 Å². The predicted octanol–water partition coefficient (Wildman–Crippen LogP) is 4.88. The number of halogens is 6. The van der Waals surface area contributed by atoms with Crippen molar-refractivity contribution < 1.29 is 40.6 Å². The molecule has 2 unspecified atom stereocenters. The fraction of sp³-hybridized carbons (Fsp3) is 0.588. The SMILES string of the molecule is COc1ccc(NC(=O)NC2CCCC(C(F)(F)F)C2)cc1OCC(F)(F)F. The van der Waals surface area contributed by atoms with Gasteiger partial charge in [-0.15, -0.1) is 0 Å². The van der Waals surface area contributed by atoms with Gasteiger partial charge in [0.05, 0.1) is 13.0 Å². The first-order valence-corrected chi connectivity index (χ1v) is 8.50. The van der Waals surface area contributed by atoms with Gasteiger partial charge in [-0.05, 0) is 31.4 Å². The van der Waals surface area contributed by atoms with Crippen molar-refractivity contribution in [3.63, 3.8) is 0 Å². The number of rotatable bonds is 5. The molecule has 1 aliphatic carbocycles. The summed E-state index contributed by atoms with van der Waals surface area (Å²) in [6, 6.07) is 2.43. The molecule has 158 valence electrons. The van der Waals surface area contributed by atoms with Gasteiger partial charge >= 0.3 is 18.4 Å². The van der Waals surface area contributed by atoms with Crippen LogP contribution in [0.4, 0.5) is 36.8 Å². The minimum Gasteiger partial charge on any atom is -0.493 e. The molecule has 5 nitrogen and oxygen atoms in total. The highest BCUT2D eigenvalue weighted by molar-refractivity contribution is 5.89. The van der Waals surface area contributed by atoms with E-state index in [0.29, 0.717) is 12.8 Å². The van der Waals surface area contributed by atoms with E-state index in [4.69, 9.17) is 4.74 Å². The van der Waals surface area contributed by atoms with Crippen LogP contribution in [-0.2, 0) is 0 Å². The highest BCUT2D eigenvalue weighted by Gasteiger charge is 2.42. The molecule has 2 atom stereocenters. The van der Waals surface area contributed by atoms with E-state index in [9.17, 15) is 31.1 Å². The van der Waals surface area contributed by atoms with Crippen LogP contribution in [0.25, 0.3) is 0 Å². The average Bonchev–Trinajstić information content (AvgIpc) is 2.59. The Bertz CT molecular complexity index is 678. The Balaban J connectivity index is 1.97. The molecule has 1 aromatic carbocycles. The van der Waals surface area contributed by atoms with E-state index in [-0.39, 0.29) is 30.0 Å². The number of hydrogen-bond acceptors (Lipinski definition) is 3. The van der Waals surface area contributed by atoms with E-state index in [2.05, 4.69) is 15.4 Å². The second-order valence-corrected chi connectivity index (χ2v) is 6.47. The molecule has 0 spiro atoms. The van der Waals surface area contributed by atoms with Gasteiger partial charge in [0.2, 0.25) is 0 Å². The Labute approximate surface area is 157 Å². The summed E-state index contributed by atoms with van der Waals surface area (Å²) < 4.78 is 85.1. The van der Waals surface area contributed by atoms with Gasteiger partial charge in [0.1, 0.15) is 0 Å². The van der Waals surface area contributed by atoms with Crippen LogP contribution in [0.1, 0.15) is 25.7 Å². The van der Waals surface area contributed by atoms with E-state index in [0.717, 1.165) is 6.07 Å². The van der Waals surface area contributed by atoms with E-state index in [1.807, 2.05) is 0 Å². The normalized spacial score (nSPS) is 20.4. The van der Waals surface area contributed by atoms with Crippen molar-refractivity contribution in [3.05, 3.63) is 18.2 Å². The van der Waals surface area contributed by atoms with Crippen molar-refractivity contribution in [1.29, 1.82) is 0 Å². The summed E-state index contributed by atoms with van der Waals surface area (Å²) in [7, 11) is 1.25. The Kier molecular flexibility index (Phi) is 6.89. The Morgan fingerprint density at radius 1 is 1.14 bits per heavy atom. The molecule has 0 heterocycles. The van der Waals surface area contributed by atoms with Crippen LogP contribution in [-0.4, -0.2) is 38.1 Å². The van der Waals surface area contributed by atoms with E-state index in [1.165, 1.54) is 19.2 Å². The monoisotopic (exact) mass is 414 g/mol. The number of hydrogen-bond donors (Lipinski definition) is 2. The lowest BCUT2D eigenvalue weighted by molar-refractivity contribution is -0.183. The van der Waals surface area contributed by atoms with Crippen LogP contribution in [0, 0.1) is 5.92 Å². The van der Waals surface area contributed by atoms with Gasteiger partial charge in [0.25, 0.3) is 0 Å². The van der Waals surface area contributed by atoms with Crippen LogP contribution in [0.5, 0.6) is 11.5 Å². The number of carbonyl (C=O) groups is 1. The third-order valence-corrected chi connectivity index (χ3v) is 4.29. The largest absolute Gasteiger partial charge is 0.493 e. The maximum absolute atomic E-state index is 12.8. The van der Waals surface area contributed by atoms with E-state index in [1.54, 1.807) is 0 Å². The number of alkyl halides is 6. The zero-order valence-corrected chi connectivity index (χ0v) is 14.9. The fourth-order valence-electron chi connectivity index (χ4n) is 3.00. The molecule has 11 heteroatoms. The molecule has 0 aromatic heterocycles. The lowest BCUT2D eigenvalue weighted by Gasteiger charge is -2.31. The van der Waals surface area contributed by atoms with Gasteiger partial charge in [-0.25, -0.2) is 4.79 Å². The number of urea groups is 1. The van der Waals surface area contributed by atoms with Gasteiger partial charge in [-0.2, -0.15) is 26.3 Å². The molecule has 28 heavy (non-hydrogen) atoms. The van der Waals surface area contributed by atoms with Crippen molar-refractivity contribution >= 4 is 11.7 Å². The quantitative estimate of drug-likeness (QED) is 0.676. The molecule has 1 saturated carbocycles. The Morgan fingerprint density at radius 2 is 1.86 bits per heavy atom. The molecule has 2 amide bonds. The summed E-state index contributed by atoms with van der Waals surface area (Å²) in [6.07, 6.45) is -8.28. The van der Waals surface area contributed by atoms with Crippen molar-refractivity contribution in [1.82, 2.24) is 5.32 Å². The third kappa shape index (κ3) is 6.68. The lowest BCUT2D eigenvalue weighted by atomic mass is 9.85. The summed E-state index contributed by atoms with van der Waals surface area (Å²) >= 11 is 0. The number of anilines is 1. The van der Waals surface area contributed by atoms with Crippen LogP contribution < -0.4 is 20.1 Å². The smallest absolute Gasteiger partial charge is 0.422 e. The standard InChI is InChI=1S/C17H20F6N2O3/c1-27-13-6-5-12(8-14(13)28-9-16(18,19)20)25-15(26)24-11-4-2-3-10(7-11)17(21,22)23/h5-6,8,10-11H,2-4,7,9H2,1H3,(H2,24,25,26). The number of ether oxygens (including phenoxy) is 2. The molecule has 1 aromatic rings. The van der Waals surface area contributed by atoms with Gasteiger partial charge in [-0.1, -0.05) is 6.42 Å². The van der Waals surface area contributed by atoms with Gasteiger partial charge < -0.3 is 20.1 Å². The van der Waals surface area contributed by atoms with E-state index < -0.39 is 37.0 Å². The number of amides is 2. The van der Waals surface area contributed by atoms with Crippen molar-refractivity contribution in [2.24, 2.45) is 5.92 Å². The van der Waals surface area contributed by atoms with Crippen LogP contribution >= 0.6 is 0 Å². The second kappa shape index (κ2) is 8.78. The number of methoxy groups -OCH3 is 1.